The Labute approximate surface area is 125 Å². The van der Waals surface area contributed by atoms with Crippen LogP contribution in [-0.4, -0.2) is 7.11 Å². The Hall–Kier alpha value is -2.25. The number of hydrogen-bond donors (Lipinski definition) is 1. The van der Waals surface area contributed by atoms with Gasteiger partial charge in [0.2, 0.25) is 0 Å². The Morgan fingerprint density at radius 2 is 2.10 bits per heavy atom. The molecule has 1 aromatic carbocycles. The number of rotatable bonds is 5. The Morgan fingerprint density at radius 3 is 2.67 bits per heavy atom. The summed E-state index contributed by atoms with van der Waals surface area (Å²) >= 11 is 0. The van der Waals surface area contributed by atoms with Crippen molar-refractivity contribution in [2.75, 3.05) is 7.11 Å². The molecule has 2 aromatic rings. The van der Waals surface area contributed by atoms with Crippen LogP contribution in [0.2, 0.25) is 0 Å². The van der Waals surface area contributed by atoms with Crippen molar-refractivity contribution in [3.05, 3.63) is 52.5 Å². The molecule has 0 aliphatic carbocycles. The highest BCUT2D eigenvalue weighted by Gasteiger charge is 2.13. The quantitative estimate of drug-likeness (QED) is 0.911. The number of hydrogen-bond acceptors (Lipinski definition) is 4. The van der Waals surface area contributed by atoms with Gasteiger partial charge in [-0.2, -0.15) is 5.26 Å². The minimum Gasteiger partial charge on any atom is -0.496 e. The topological polar surface area (TPSA) is 58.2 Å². The molecule has 0 radical (unpaired) electrons. The summed E-state index contributed by atoms with van der Waals surface area (Å²) < 4.78 is 10.9. The van der Waals surface area contributed by atoms with Crippen molar-refractivity contribution >= 4 is 0 Å². The zero-order valence-corrected chi connectivity index (χ0v) is 12.9. The first-order valence-electron chi connectivity index (χ1n) is 6.92. The number of nitrogens with one attached hydrogen (secondary N) is 1. The van der Waals surface area contributed by atoms with Gasteiger partial charge in [0.25, 0.3) is 0 Å². The molecule has 0 bridgehead atoms. The second-order valence-electron chi connectivity index (χ2n) is 5.11. The molecule has 4 heteroatoms. The molecule has 2 rings (SSSR count). The fourth-order valence-electron chi connectivity index (χ4n) is 2.44. The lowest BCUT2D eigenvalue weighted by Gasteiger charge is -2.15. The SMILES string of the molecule is COc1ccc(C#N)cc1CNC(C)c1cc(C)oc1C. The molecule has 0 spiro atoms. The fraction of sp³-hybridized carbons (Fsp3) is 0.353. The molecule has 1 atom stereocenters. The van der Waals surface area contributed by atoms with E-state index >= 15 is 0 Å². The minimum atomic E-state index is 0.165. The number of benzene rings is 1. The number of ether oxygens (including phenoxy) is 1. The first kappa shape index (κ1) is 15.1. The molecule has 1 N–H and O–H groups in total. The van der Waals surface area contributed by atoms with Crippen molar-refractivity contribution in [2.45, 2.75) is 33.4 Å². The van der Waals surface area contributed by atoms with Gasteiger partial charge in [-0.25, -0.2) is 0 Å². The van der Waals surface area contributed by atoms with E-state index in [1.54, 1.807) is 13.2 Å². The number of furan rings is 1. The van der Waals surface area contributed by atoms with Gasteiger partial charge in [-0.05, 0) is 45.0 Å². The van der Waals surface area contributed by atoms with Crippen LogP contribution in [0.3, 0.4) is 0 Å². The molecule has 1 aromatic heterocycles. The molecule has 21 heavy (non-hydrogen) atoms. The molecule has 1 unspecified atom stereocenters. The third kappa shape index (κ3) is 3.45. The molecular formula is C17H20N2O2. The van der Waals surface area contributed by atoms with Crippen LogP contribution in [0.15, 0.2) is 28.7 Å². The lowest BCUT2D eigenvalue weighted by atomic mass is 10.1. The zero-order chi connectivity index (χ0) is 15.4. The van der Waals surface area contributed by atoms with Gasteiger partial charge in [-0.3, -0.25) is 0 Å². The molecule has 0 amide bonds. The number of nitriles is 1. The third-order valence-electron chi connectivity index (χ3n) is 3.55. The largest absolute Gasteiger partial charge is 0.496 e. The van der Waals surface area contributed by atoms with Gasteiger partial charge in [-0.15, -0.1) is 0 Å². The maximum atomic E-state index is 9.00. The second-order valence-corrected chi connectivity index (χ2v) is 5.11. The molecule has 1 heterocycles. The summed E-state index contributed by atoms with van der Waals surface area (Å²) in [7, 11) is 1.64. The first-order valence-corrected chi connectivity index (χ1v) is 6.92. The van der Waals surface area contributed by atoms with Gasteiger partial charge in [0.1, 0.15) is 17.3 Å². The van der Waals surface area contributed by atoms with E-state index in [1.807, 2.05) is 26.0 Å². The lowest BCUT2D eigenvalue weighted by Crippen LogP contribution is -2.18. The maximum absolute atomic E-state index is 9.00. The van der Waals surface area contributed by atoms with Crippen LogP contribution >= 0.6 is 0 Å². The average molecular weight is 284 g/mol. The summed E-state index contributed by atoms with van der Waals surface area (Å²) in [4.78, 5) is 0. The Bertz CT molecular complexity index is 668. The average Bonchev–Trinajstić information content (AvgIpc) is 2.83. The van der Waals surface area contributed by atoms with Crippen LogP contribution in [0, 0.1) is 25.2 Å². The van der Waals surface area contributed by atoms with Gasteiger partial charge >= 0.3 is 0 Å². The summed E-state index contributed by atoms with van der Waals surface area (Å²) in [5.41, 5.74) is 2.76. The summed E-state index contributed by atoms with van der Waals surface area (Å²) in [6, 6.07) is 9.81. The van der Waals surface area contributed by atoms with Crippen molar-refractivity contribution < 1.29 is 9.15 Å². The van der Waals surface area contributed by atoms with Gasteiger partial charge in [0.05, 0.1) is 18.7 Å². The van der Waals surface area contributed by atoms with E-state index in [9.17, 15) is 0 Å². The van der Waals surface area contributed by atoms with Crippen molar-refractivity contribution in [1.29, 1.82) is 5.26 Å². The van der Waals surface area contributed by atoms with Crippen LogP contribution in [0.25, 0.3) is 0 Å². The third-order valence-corrected chi connectivity index (χ3v) is 3.55. The first-order chi connectivity index (χ1) is 10.0. The van der Waals surface area contributed by atoms with Crippen LogP contribution in [-0.2, 0) is 6.54 Å². The monoisotopic (exact) mass is 284 g/mol. The molecule has 0 saturated heterocycles. The minimum absolute atomic E-state index is 0.165. The molecular weight excluding hydrogens is 264 g/mol. The zero-order valence-electron chi connectivity index (χ0n) is 12.9. The Morgan fingerprint density at radius 1 is 1.33 bits per heavy atom. The van der Waals surface area contributed by atoms with Crippen molar-refractivity contribution in [3.63, 3.8) is 0 Å². The number of nitrogens with zero attached hydrogens (tertiary/aromatic N) is 1. The number of methoxy groups -OCH3 is 1. The predicted molar refractivity (Wildman–Crippen MR) is 81.1 cm³/mol. The van der Waals surface area contributed by atoms with Gasteiger partial charge in [-0.1, -0.05) is 0 Å². The van der Waals surface area contributed by atoms with Crippen molar-refractivity contribution in [2.24, 2.45) is 0 Å². The summed E-state index contributed by atoms with van der Waals surface area (Å²) in [5, 5.41) is 12.4. The smallest absolute Gasteiger partial charge is 0.123 e. The maximum Gasteiger partial charge on any atom is 0.123 e. The molecule has 0 fully saturated rings. The highest BCUT2D eigenvalue weighted by Crippen LogP contribution is 2.24. The van der Waals surface area contributed by atoms with Gasteiger partial charge in [0, 0.05) is 23.7 Å². The molecule has 0 saturated carbocycles. The van der Waals surface area contributed by atoms with E-state index < -0.39 is 0 Å². The standard InChI is InChI=1S/C17H20N2O2/c1-11-7-16(13(3)21-11)12(2)19-10-15-8-14(9-18)5-6-17(15)20-4/h5-8,12,19H,10H2,1-4H3. The highest BCUT2D eigenvalue weighted by atomic mass is 16.5. The van der Waals surface area contributed by atoms with Crippen molar-refractivity contribution in [3.8, 4) is 11.8 Å². The molecule has 0 aliphatic heterocycles. The summed E-state index contributed by atoms with van der Waals surface area (Å²) in [6.07, 6.45) is 0. The van der Waals surface area contributed by atoms with E-state index in [4.69, 9.17) is 14.4 Å². The van der Waals surface area contributed by atoms with Crippen molar-refractivity contribution in [1.82, 2.24) is 5.32 Å². The Kier molecular flexibility index (Phi) is 4.66. The van der Waals surface area contributed by atoms with Gasteiger partial charge in [0.15, 0.2) is 0 Å². The predicted octanol–water partition coefficient (Wildman–Crippen LogP) is 3.63. The van der Waals surface area contributed by atoms with Crippen LogP contribution in [0.1, 0.15) is 41.2 Å². The summed E-state index contributed by atoms with van der Waals surface area (Å²) in [5.74, 6) is 2.64. The number of aryl methyl sites for hydroxylation is 2. The van der Waals surface area contributed by atoms with E-state index in [1.165, 1.54) is 0 Å². The van der Waals surface area contributed by atoms with E-state index in [-0.39, 0.29) is 6.04 Å². The summed E-state index contributed by atoms with van der Waals surface area (Å²) in [6.45, 7) is 6.64. The van der Waals surface area contributed by atoms with Crippen LogP contribution in [0.5, 0.6) is 5.75 Å². The Balaban J connectivity index is 2.12. The molecule has 110 valence electrons. The molecule has 4 nitrogen and oxygen atoms in total. The fourth-order valence-corrected chi connectivity index (χ4v) is 2.44. The normalized spacial score (nSPS) is 12.0. The van der Waals surface area contributed by atoms with Crippen LogP contribution < -0.4 is 10.1 Å². The van der Waals surface area contributed by atoms with Gasteiger partial charge < -0.3 is 14.5 Å². The highest BCUT2D eigenvalue weighted by molar-refractivity contribution is 5.42. The molecule has 0 aliphatic rings. The van der Waals surface area contributed by atoms with E-state index in [0.29, 0.717) is 12.1 Å². The van der Waals surface area contributed by atoms with E-state index in [2.05, 4.69) is 24.4 Å². The van der Waals surface area contributed by atoms with Crippen LogP contribution in [0.4, 0.5) is 0 Å². The second kappa shape index (κ2) is 6.47. The lowest BCUT2D eigenvalue weighted by molar-refractivity contribution is 0.405. The van der Waals surface area contributed by atoms with E-state index in [0.717, 1.165) is 28.4 Å².